The summed E-state index contributed by atoms with van der Waals surface area (Å²) in [6, 6.07) is 18.4. The van der Waals surface area contributed by atoms with E-state index < -0.39 is 41.4 Å². The summed E-state index contributed by atoms with van der Waals surface area (Å²) in [5.41, 5.74) is 1.22. The van der Waals surface area contributed by atoms with E-state index in [0.717, 1.165) is 38.8 Å². The van der Waals surface area contributed by atoms with Gasteiger partial charge in [0.2, 0.25) is 11.8 Å². The molecule has 4 aromatic rings. The van der Waals surface area contributed by atoms with Gasteiger partial charge in [0, 0.05) is 16.5 Å². The Balaban J connectivity index is 1.26. The molecule has 3 aromatic carbocycles. The zero-order valence-electron chi connectivity index (χ0n) is 22.7. The average Bonchev–Trinajstić information content (AvgIpc) is 3.47. The molecule has 2 aliphatic rings. The van der Waals surface area contributed by atoms with Crippen molar-refractivity contribution in [2.45, 2.75) is 23.1 Å². The number of nitrogens with zero attached hydrogens (tertiary/aromatic N) is 1. The molecule has 0 spiro atoms. The number of thiazole rings is 1. The summed E-state index contributed by atoms with van der Waals surface area (Å²) in [5, 5.41) is 13.7. The summed E-state index contributed by atoms with van der Waals surface area (Å²) in [6.45, 7) is 1.04. The number of aromatic nitrogens is 1. The van der Waals surface area contributed by atoms with Crippen LogP contribution in [0.15, 0.2) is 70.5 Å². The molecule has 2 aliphatic heterocycles. The summed E-state index contributed by atoms with van der Waals surface area (Å²) in [5.74, 6) is -3.88. The average molecular weight is 620 g/mol. The largest absolute Gasteiger partial charge is 0.490 e. The maximum atomic E-state index is 13.4. The van der Waals surface area contributed by atoms with Gasteiger partial charge >= 0.3 is 10.8 Å². The summed E-state index contributed by atoms with van der Waals surface area (Å²) in [4.78, 5) is 66.7. The third-order valence-electron chi connectivity index (χ3n) is 7.23. The number of imide groups is 1. The fourth-order valence-corrected chi connectivity index (χ4v) is 7.97. The molecule has 1 saturated heterocycles. The van der Waals surface area contributed by atoms with Gasteiger partial charge in [0.15, 0.2) is 18.1 Å². The molecule has 2 unspecified atom stereocenters. The first-order chi connectivity index (χ1) is 20.7. The molecule has 6 rings (SSSR count). The van der Waals surface area contributed by atoms with Crippen molar-refractivity contribution in [2.24, 2.45) is 5.92 Å². The van der Waals surface area contributed by atoms with Crippen LogP contribution >= 0.6 is 23.1 Å². The first-order valence-electron chi connectivity index (χ1n) is 13.4. The SMILES string of the molecule is CCOc1cc([C@H]2c3sc(=O)[nH]c3SC3C(=O)N(CC(=O)O)C(=O)C32)ccc1OCC(=O)Nc1ccc2ccccc2c1. The Morgan fingerprint density at radius 1 is 0.977 bits per heavy atom. The number of rotatable bonds is 9. The summed E-state index contributed by atoms with van der Waals surface area (Å²) in [6.07, 6.45) is 0. The summed E-state index contributed by atoms with van der Waals surface area (Å²) in [7, 11) is 0. The van der Waals surface area contributed by atoms with Crippen LogP contribution in [0.4, 0.5) is 5.69 Å². The number of fused-ring (bicyclic) bond motifs is 3. The monoisotopic (exact) mass is 619 g/mol. The number of ether oxygens (including phenoxy) is 2. The maximum absolute atomic E-state index is 13.4. The topological polar surface area (TPSA) is 155 Å². The third-order valence-corrected chi connectivity index (χ3v) is 9.63. The Morgan fingerprint density at radius 2 is 1.77 bits per heavy atom. The van der Waals surface area contributed by atoms with Crippen molar-refractivity contribution in [3.8, 4) is 11.5 Å². The molecule has 11 nitrogen and oxygen atoms in total. The second-order valence-electron chi connectivity index (χ2n) is 9.94. The number of hydrogen-bond donors (Lipinski definition) is 3. The number of anilines is 1. The molecule has 3 N–H and O–H groups in total. The van der Waals surface area contributed by atoms with Crippen LogP contribution in [-0.4, -0.2) is 63.7 Å². The highest BCUT2D eigenvalue weighted by molar-refractivity contribution is 8.00. The number of carboxylic acids is 1. The molecular weight excluding hydrogens is 594 g/mol. The molecule has 1 aromatic heterocycles. The Labute approximate surface area is 252 Å². The van der Waals surface area contributed by atoms with E-state index in [-0.39, 0.29) is 24.0 Å². The smallest absolute Gasteiger partial charge is 0.323 e. The number of carboxylic acid groups (broad SMARTS) is 1. The maximum Gasteiger partial charge on any atom is 0.323 e. The van der Waals surface area contributed by atoms with Crippen LogP contribution in [-0.2, 0) is 19.2 Å². The first kappa shape index (κ1) is 28.5. The van der Waals surface area contributed by atoms with E-state index in [1.807, 2.05) is 42.5 Å². The number of aromatic amines is 1. The predicted octanol–water partition coefficient (Wildman–Crippen LogP) is 3.68. The summed E-state index contributed by atoms with van der Waals surface area (Å²) < 4.78 is 11.6. The number of aliphatic carboxylic acids is 1. The summed E-state index contributed by atoms with van der Waals surface area (Å²) >= 11 is 2.01. The van der Waals surface area contributed by atoms with E-state index in [9.17, 15) is 29.1 Å². The van der Waals surface area contributed by atoms with Crippen molar-refractivity contribution < 1.29 is 33.8 Å². The van der Waals surface area contributed by atoms with Gasteiger partial charge in [-0.3, -0.25) is 28.9 Å². The van der Waals surface area contributed by atoms with Crippen molar-refractivity contribution in [3.05, 3.63) is 80.8 Å². The number of carbonyl (C=O) groups excluding carboxylic acids is 3. The van der Waals surface area contributed by atoms with Crippen LogP contribution < -0.4 is 19.7 Å². The third kappa shape index (κ3) is 5.48. The Morgan fingerprint density at radius 3 is 2.53 bits per heavy atom. The van der Waals surface area contributed by atoms with Crippen molar-refractivity contribution in [3.63, 3.8) is 0 Å². The van der Waals surface area contributed by atoms with Gasteiger partial charge in [-0.05, 0) is 47.5 Å². The number of benzene rings is 3. The van der Waals surface area contributed by atoms with E-state index in [1.54, 1.807) is 25.1 Å². The number of thioether (sulfide) groups is 1. The fraction of sp³-hybridized carbons (Fsp3) is 0.233. The van der Waals surface area contributed by atoms with Gasteiger partial charge in [0.05, 0.1) is 17.6 Å². The molecule has 3 heterocycles. The van der Waals surface area contributed by atoms with Crippen LogP contribution in [0.3, 0.4) is 0 Å². The first-order valence-corrected chi connectivity index (χ1v) is 15.1. The van der Waals surface area contributed by atoms with E-state index >= 15 is 0 Å². The van der Waals surface area contributed by atoms with E-state index in [1.165, 1.54) is 0 Å². The van der Waals surface area contributed by atoms with Crippen molar-refractivity contribution in [1.29, 1.82) is 0 Å². The van der Waals surface area contributed by atoms with Crippen LogP contribution in [0.1, 0.15) is 23.3 Å². The molecule has 0 saturated carbocycles. The molecular formula is C30H25N3O8S2. The number of amides is 3. The lowest BCUT2D eigenvalue weighted by molar-refractivity contribution is -0.149. The molecule has 220 valence electrons. The van der Waals surface area contributed by atoms with Crippen LogP contribution in [0.25, 0.3) is 10.8 Å². The van der Waals surface area contributed by atoms with E-state index in [2.05, 4.69) is 10.3 Å². The number of hydrogen-bond acceptors (Lipinski definition) is 9. The lowest BCUT2D eigenvalue weighted by Gasteiger charge is -2.30. The van der Waals surface area contributed by atoms with Gasteiger partial charge < -0.3 is 24.9 Å². The van der Waals surface area contributed by atoms with Crippen LogP contribution in [0.2, 0.25) is 0 Å². The van der Waals surface area contributed by atoms with Gasteiger partial charge in [-0.2, -0.15) is 0 Å². The lowest BCUT2D eigenvalue weighted by atomic mass is 9.83. The zero-order valence-corrected chi connectivity index (χ0v) is 24.3. The Bertz CT molecular complexity index is 1830. The normalized spacial score (nSPS) is 19.2. The Kier molecular flexibility index (Phi) is 7.67. The van der Waals surface area contributed by atoms with E-state index in [4.69, 9.17) is 9.47 Å². The second kappa shape index (κ2) is 11.6. The highest BCUT2D eigenvalue weighted by Crippen LogP contribution is 2.53. The van der Waals surface area contributed by atoms with Gasteiger partial charge in [-0.15, -0.1) is 0 Å². The number of carbonyl (C=O) groups is 4. The van der Waals surface area contributed by atoms with Gasteiger partial charge in [0.25, 0.3) is 5.91 Å². The zero-order chi connectivity index (χ0) is 30.2. The molecule has 0 aliphatic carbocycles. The lowest BCUT2D eigenvalue weighted by Crippen LogP contribution is -2.36. The molecule has 13 heteroatoms. The highest BCUT2D eigenvalue weighted by Gasteiger charge is 2.56. The highest BCUT2D eigenvalue weighted by atomic mass is 32.2. The molecule has 3 atom stereocenters. The predicted molar refractivity (Wildman–Crippen MR) is 160 cm³/mol. The van der Waals surface area contributed by atoms with Gasteiger partial charge in [-0.1, -0.05) is 59.5 Å². The van der Waals surface area contributed by atoms with Gasteiger partial charge in [-0.25, -0.2) is 0 Å². The quantitative estimate of drug-likeness (QED) is 0.238. The van der Waals surface area contributed by atoms with Crippen molar-refractivity contribution in [1.82, 2.24) is 9.88 Å². The number of nitrogens with one attached hydrogen (secondary N) is 2. The van der Waals surface area contributed by atoms with Crippen LogP contribution in [0.5, 0.6) is 11.5 Å². The van der Waals surface area contributed by atoms with Crippen LogP contribution in [0, 0.1) is 5.92 Å². The molecule has 0 radical (unpaired) electrons. The number of H-pyrrole nitrogens is 1. The van der Waals surface area contributed by atoms with E-state index in [0.29, 0.717) is 32.7 Å². The molecule has 43 heavy (non-hydrogen) atoms. The minimum absolute atomic E-state index is 0.280. The van der Waals surface area contributed by atoms with Crippen molar-refractivity contribution in [2.75, 3.05) is 25.1 Å². The Hall–Kier alpha value is -4.62. The standard InChI is InChI=1S/C30H25N3O8S2/c1-2-40-20-12-17(8-10-19(20)41-14-21(34)31-18-9-7-15-5-3-4-6-16(15)11-18)23-24-26(42-27-25(23)43-30(39)32-27)29(38)33(28(24)37)13-22(35)36/h3-12,23-24,26H,2,13-14H2,1H3,(H,31,34)(H,32,39)(H,35,36)/t23-,24?,26?/m1/s1. The molecule has 1 fully saturated rings. The minimum Gasteiger partial charge on any atom is -0.490 e. The second-order valence-corrected chi connectivity index (χ2v) is 12.1. The fourth-order valence-electron chi connectivity index (χ4n) is 5.44. The molecule has 0 bridgehead atoms. The minimum atomic E-state index is -1.30. The number of likely N-dealkylation sites (tertiary alicyclic amines) is 1. The van der Waals surface area contributed by atoms with Gasteiger partial charge in [0.1, 0.15) is 11.8 Å². The van der Waals surface area contributed by atoms with Crippen molar-refractivity contribution >= 4 is 63.2 Å². The molecule has 3 amide bonds.